The van der Waals surface area contributed by atoms with Gasteiger partial charge in [0.2, 0.25) is 5.91 Å². The van der Waals surface area contributed by atoms with Crippen LogP contribution in [0.25, 0.3) is 0 Å². The predicted molar refractivity (Wildman–Crippen MR) is 85.8 cm³/mol. The summed E-state index contributed by atoms with van der Waals surface area (Å²) in [6.45, 7) is 3.20. The number of aromatic nitrogens is 2. The van der Waals surface area contributed by atoms with Crippen LogP contribution in [-0.4, -0.2) is 64.0 Å². The molecule has 22 heavy (non-hydrogen) atoms. The number of piperazine rings is 1. The van der Waals surface area contributed by atoms with Gasteiger partial charge >= 0.3 is 0 Å². The smallest absolute Gasteiger partial charge is 0.257 e. The number of rotatable bonds is 5. The van der Waals surface area contributed by atoms with Gasteiger partial charge < -0.3 is 9.80 Å². The monoisotopic (exact) mass is 322 g/mol. The first kappa shape index (κ1) is 16.7. The number of hydrogen-bond donors (Lipinski definition) is 0. The molecule has 1 aliphatic rings. The molecule has 0 bridgehead atoms. The maximum atomic E-state index is 12.7. The normalized spacial score (nSPS) is 18.7. The number of carbonyl (C=O) groups is 2. The lowest BCUT2D eigenvalue weighted by Crippen LogP contribution is -2.57. The molecule has 0 saturated carbocycles. The van der Waals surface area contributed by atoms with Crippen LogP contribution >= 0.6 is 11.8 Å². The minimum absolute atomic E-state index is 0.0229. The van der Waals surface area contributed by atoms with Crippen molar-refractivity contribution in [2.45, 2.75) is 37.4 Å². The molecule has 0 spiro atoms. The SMILES string of the molecule is CCCC[C@@H]1C(=O)N(C)CCN1C(=O)c1cnc(SC)nc1. The number of hydrogen-bond acceptors (Lipinski definition) is 5. The lowest BCUT2D eigenvalue weighted by molar-refractivity contribution is -0.138. The Hall–Kier alpha value is -1.63. The number of nitrogens with zero attached hydrogens (tertiary/aromatic N) is 4. The van der Waals surface area contributed by atoms with Crippen molar-refractivity contribution in [3.8, 4) is 0 Å². The van der Waals surface area contributed by atoms with Crippen LogP contribution in [0, 0.1) is 0 Å². The van der Waals surface area contributed by atoms with Gasteiger partial charge in [-0.1, -0.05) is 31.5 Å². The summed E-state index contributed by atoms with van der Waals surface area (Å²) in [5.74, 6) is -0.134. The zero-order valence-corrected chi connectivity index (χ0v) is 14.1. The van der Waals surface area contributed by atoms with Crippen molar-refractivity contribution in [1.82, 2.24) is 19.8 Å². The van der Waals surface area contributed by atoms with Gasteiger partial charge in [-0.25, -0.2) is 9.97 Å². The average Bonchev–Trinajstić information content (AvgIpc) is 2.55. The van der Waals surface area contributed by atoms with E-state index in [9.17, 15) is 9.59 Å². The molecule has 1 saturated heterocycles. The molecule has 7 heteroatoms. The number of carbonyl (C=O) groups excluding carboxylic acids is 2. The van der Waals surface area contributed by atoms with Crippen molar-refractivity contribution >= 4 is 23.6 Å². The molecule has 0 aliphatic carbocycles. The summed E-state index contributed by atoms with van der Waals surface area (Å²) in [4.78, 5) is 36.7. The molecular formula is C15H22N4O2S. The van der Waals surface area contributed by atoms with E-state index in [0.29, 0.717) is 30.2 Å². The molecule has 2 amide bonds. The van der Waals surface area contributed by atoms with E-state index in [0.717, 1.165) is 12.8 Å². The summed E-state index contributed by atoms with van der Waals surface area (Å²) < 4.78 is 0. The number of thioether (sulfide) groups is 1. The highest BCUT2D eigenvalue weighted by Gasteiger charge is 2.35. The first-order valence-electron chi connectivity index (χ1n) is 7.50. The molecule has 2 rings (SSSR count). The molecule has 1 atom stereocenters. The standard InChI is InChI=1S/C15H22N4O2S/c1-4-5-6-12-14(21)18(2)7-8-19(12)13(20)11-9-16-15(22-3)17-10-11/h9-10,12H,4-8H2,1-3H3/t12-/m1/s1. The largest absolute Gasteiger partial charge is 0.342 e. The maximum Gasteiger partial charge on any atom is 0.257 e. The minimum Gasteiger partial charge on any atom is -0.342 e. The van der Waals surface area contributed by atoms with Gasteiger partial charge in [0.25, 0.3) is 5.91 Å². The Morgan fingerprint density at radius 2 is 2.05 bits per heavy atom. The summed E-state index contributed by atoms with van der Waals surface area (Å²) >= 11 is 1.43. The minimum atomic E-state index is -0.369. The molecule has 1 aromatic heterocycles. The van der Waals surface area contributed by atoms with E-state index in [-0.39, 0.29) is 17.9 Å². The summed E-state index contributed by atoms with van der Waals surface area (Å²) in [6.07, 6.45) is 7.60. The molecule has 6 nitrogen and oxygen atoms in total. The third kappa shape index (κ3) is 3.58. The second-order valence-electron chi connectivity index (χ2n) is 5.37. The van der Waals surface area contributed by atoms with Gasteiger partial charge in [-0.05, 0) is 12.7 Å². The van der Waals surface area contributed by atoms with Crippen LogP contribution in [0.5, 0.6) is 0 Å². The maximum absolute atomic E-state index is 12.7. The Morgan fingerprint density at radius 1 is 1.36 bits per heavy atom. The highest BCUT2D eigenvalue weighted by atomic mass is 32.2. The zero-order valence-electron chi connectivity index (χ0n) is 13.3. The third-order valence-electron chi connectivity index (χ3n) is 3.86. The van der Waals surface area contributed by atoms with Crippen molar-refractivity contribution in [1.29, 1.82) is 0 Å². The summed E-state index contributed by atoms with van der Waals surface area (Å²) in [6, 6.07) is -0.369. The Morgan fingerprint density at radius 3 is 2.64 bits per heavy atom. The molecular weight excluding hydrogens is 300 g/mol. The fourth-order valence-electron chi connectivity index (χ4n) is 2.53. The molecule has 1 aliphatic heterocycles. The molecule has 0 N–H and O–H groups in total. The van der Waals surface area contributed by atoms with E-state index >= 15 is 0 Å². The van der Waals surface area contributed by atoms with Crippen LogP contribution in [-0.2, 0) is 4.79 Å². The predicted octanol–water partition coefficient (Wildman–Crippen LogP) is 1.67. The lowest BCUT2D eigenvalue weighted by atomic mass is 10.0. The van der Waals surface area contributed by atoms with E-state index in [1.807, 2.05) is 6.26 Å². The Labute approximate surface area is 135 Å². The zero-order chi connectivity index (χ0) is 16.1. The fraction of sp³-hybridized carbons (Fsp3) is 0.600. The van der Waals surface area contributed by atoms with E-state index in [1.165, 1.54) is 11.8 Å². The van der Waals surface area contributed by atoms with Crippen LogP contribution in [0.15, 0.2) is 17.6 Å². The number of amides is 2. The van der Waals surface area contributed by atoms with E-state index in [4.69, 9.17) is 0 Å². The van der Waals surface area contributed by atoms with Gasteiger partial charge in [-0.2, -0.15) is 0 Å². The van der Waals surface area contributed by atoms with E-state index in [2.05, 4.69) is 16.9 Å². The van der Waals surface area contributed by atoms with Crippen molar-refractivity contribution in [3.63, 3.8) is 0 Å². The Bertz CT molecular complexity index is 535. The van der Waals surface area contributed by atoms with Gasteiger partial charge in [-0.3, -0.25) is 9.59 Å². The molecule has 1 fully saturated rings. The molecule has 120 valence electrons. The van der Waals surface area contributed by atoms with Gasteiger partial charge in [0.15, 0.2) is 5.16 Å². The second kappa shape index (κ2) is 7.58. The molecule has 0 radical (unpaired) electrons. The number of likely N-dealkylation sites (N-methyl/N-ethyl adjacent to an activating group) is 1. The fourth-order valence-corrected chi connectivity index (χ4v) is 2.85. The Balaban J connectivity index is 2.18. The first-order valence-corrected chi connectivity index (χ1v) is 8.73. The van der Waals surface area contributed by atoms with Crippen molar-refractivity contribution in [3.05, 3.63) is 18.0 Å². The van der Waals surface area contributed by atoms with Crippen LogP contribution < -0.4 is 0 Å². The number of unbranched alkanes of at least 4 members (excludes halogenated alkanes) is 1. The van der Waals surface area contributed by atoms with Crippen LogP contribution in [0.2, 0.25) is 0 Å². The Kier molecular flexibility index (Phi) is 5.76. The summed E-state index contributed by atoms with van der Waals surface area (Å²) in [7, 11) is 1.79. The van der Waals surface area contributed by atoms with Crippen LogP contribution in [0.4, 0.5) is 0 Å². The second-order valence-corrected chi connectivity index (χ2v) is 6.15. The lowest BCUT2D eigenvalue weighted by Gasteiger charge is -2.39. The van der Waals surface area contributed by atoms with Crippen LogP contribution in [0.3, 0.4) is 0 Å². The molecule has 1 aromatic rings. The van der Waals surface area contributed by atoms with Crippen molar-refractivity contribution in [2.75, 3.05) is 26.4 Å². The van der Waals surface area contributed by atoms with E-state index < -0.39 is 0 Å². The van der Waals surface area contributed by atoms with Crippen LogP contribution in [0.1, 0.15) is 36.5 Å². The molecule has 2 heterocycles. The quantitative estimate of drug-likeness (QED) is 0.609. The highest BCUT2D eigenvalue weighted by Crippen LogP contribution is 2.19. The summed E-state index contributed by atoms with van der Waals surface area (Å²) in [5.41, 5.74) is 0.441. The van der Waals surface area contributed by atoms with Gasteiger partial charge in [0.1, 0.15) is 6.04 Å². The van der Waals surface area contributed by atoms with Crippen molar-refractivity contribution < 1.29 is 9.59 Å². The van der Waals surface area contributed by atoms with Crippen molar-refractivity contribution in [2.24, 2.45) is 0 Å². The first-order chi connectivity index (χ1) is 10.6. The third-order valence-corrected chi connectivity index (χ3v) is 4.44. The van der Waals surface area contributed by atoms with Gasteiger partial charge in [-0.15, -0.1) is 0 Å². The van der Waals surface area contributed by atoms with E-state index in [1.54, 1.807) is 29.2 Å². The topological polar surface area (TPSA) is 66.4 Å². The average molecular weight is 322 g/mol. The highest BCUT2D eigenvalue weighted by molar-refractivity contribution is 7.98. The molecule has 0 aromatic carbocycles. The summed E-state index contributed by atoms with van der Waals surface area (Å²) in [5, 5.41) is 0.633. The molecule has 0 unspecified atom stereocenters. The van der Waals surface area contributed by atoms with Gasteiger partial charge in [0, 0.05) is 32.5 Å². The van der Waals surface area contributed by atoms with Gasteiger partial charge in [0.05, 0.1) is 5.56 Å².